The summed E-state index contributed by atoms with van der Waals surface area (Å²) >= 11 is 18.2. The Hall–Kier alpha value is -4.58. The van der Waals surface area contributed by atoms with E-state index in [2.05, 4.69) is 26.1 Å². The maximum absolute atomic E-state index is 11.5. The standard InChI is InChI=1S/C19H17ClN4.C17H12Cl2N2O/c20-18-8-6-16(7-9-18)10-11-19(12-21,13-24-15-22-14-23-24)17-4-2-1-3-5-17;18-14-7-5-12(6-8-14)17(22,13-9-20-11-21-10-13)15-3-1-2-4-16(15)19/h1-9,14-15H,10-11,13H2;1-11,22H. The summed E-state index contributed by atoms with van der Waals surface area (Å²) in [5.74, 6) is 0. The van der Waals surface area contributed by atoms with Crippen molar-refractivity contribution in [3.63, 3.8) is 0 Å². The third-order valence-electron chi connectivity index (χ3n) is 7.70. The second-order valence-corrected chi connectivity index (χ2v) is 11.9. The third-order valence-corrected chi connectivity index (χ3v) is 8.53. The molecule has 2 unspecified atom stereocenters. The minimum Gasteiger partial charge on any atom is -0.376 e. The largest absolute Gasteiger partial charge is 0.376 e. The van der Waals surface area contributed by atoms with Gasteiger partial charge in [-0.15, -0.1) is 0 Å². The molecule has 0 radical (unpaired) electrons. The number of nitriles is 1. The maximum Gasteiger partial charge on any atom is 0.144 e. The van der Waals surface area contributed by atoms with E-state index in [4.69, 9.17) is 34.8 Å². The Bertz CT molecular complexity index is 1870. The number of hydrogen-bond donors (Lipinski definition) is 1. The highest BCUT2D eigenvalue weighted by Crippen LogP contribution is 2.39. The topological polar surface area (TPSA) is 101 Å². The first-order valence-electron chi connectivity index (χ1n) is 14.4. The SMILES string of the molecule is N#CC(CCc1ccc(Cl)cc1)(Cn1cncn1)c1ccccc1.OC(c1ccc(Cl)cc1)(c1cncnc1)c1ccccc1Cl. The van der Waals surface area contributed by atoms with E-state index in [0.717, 1.165) is 22.6 Å². The number of rotatable bonds is 9. The van der Waals surface area contributed by atoms with E-state index in [1.54, 1.807) is 59.8 Å². The highest BCUT2D eigenvalue weighted by Gasteiger charge is 2.36. The van der Waals surface area contributed by atoms with E-state index in [-0.39, 0.29) is 0 Å². The zero-order valence-electron chi connectivity index (χ0n) is 24.6. The zero-order valence-corrected chi connectivity index (χ0v) is 26.9. The fraction of sp³-hybridized carbons (Fsp3) is 0.139. The number of aromatic nitrogens is 5. The van der Waals surface area contributed by atoms with Gasteiger partial charge in [-0.2, -0.15) is 10.4 Å². The van der Waals surface area contributed by atoms with Crippen molar-refractivity contribution in [1.29, 1.82) is 5.26 Å². The minimum atomic E-state index is -1.45. The molecule has 0 aliphatic heterocycles. The fourth-order valence-corrected chi connectivity index (χ4v) is 5.76. The predicted molar refractivity (Wildman–Crippen MR) is 181 cm³/mol. The van der Waals surface area contributed by atoms with Crippen LogP contribution in [0.2, 0.25) is 15.1 Å². The van der Waals surface area contributed by atoms with Gasteiger partial charge in [-0.05, 0) is 59.9 Å². The second-order valence-electron chi connectivity index (χ2n) is 10.6. The Labute approximate surface area is 282 Å². The average Bonchev–Trinajstić information content (AvgIpc) is 3.62. The summed E-state index contributed by atoms with van der Waals surface area (Å²) in [6.07, 6.45) is 9.18. The van der Waals surface area contributed by atoms with Crippen molar-refractivity contribution in [2.45, 2.75) is 30.4 Å². The van der Waals surface area contributed by atoms with Crippen molar-refractivity contribution in [3.05, 3.63) is 177 Å². The molecule has 0 saturated heterocycles. The first-order chi connectivity index (χ1) is 22.3. The van der Waals surface area contributed by atoms with Gasteiger partial charge in [0.1, 0.15) is 30.0 Å². The molecule has 0 aliphatic rings. The maximum atomic E-state index is 11.5. The summed E-state index contributed by atoms with van der Waals surface area (Å²) in [6.45, 7) is 0.473. The molecule has 2 atom stereocenters. The van der Waals surface area contributed by atoms with Gasteiger partial charge in [0.2, 0.25) is 0 Å². The van der Waals surface area contributed by atoms with E-state index in [0.29, 0.717) is 39.7 Å². The van der Waals surface area contributed by atoms with Gasteiger partial charge < -0.3 is 5.11 Å². The van der Waals surface area contributed by atoms with Crippen LogP contribution in [-0.4, -0.2) is 29.8 Å². The molecular weight excluding hydrogens is 639 g/mol. The van der Waals surface area contributed by atoms with Gasteiger partial charge in [-0.1, -0.05) is 108 Å². The lowest BCUT2D eigenvalue weighted by Gasteiger charge is -2.30. The monoisotopic (exact) mass is 666 g/mol. The Kier molecular flexibility index (Phi) is 10.8. The lowest BCUT2D eigenvalue weighted by atomic mass is 9.77. The summed E-state index contributed by atoms with van der Waals surface area (Å²) < 4.78 is 1.72. The molecule has 2 aromatic heterocycles. The van der Waals surface area contributed by atoms with Crippen LogP contribution in [0, 0.1) is 11.3 Å². The van der Waals surface area contributed by atoms with E-state index in [1.165, 1.54) is 12.7 Å². The average molecular weight is 668 g/mol. The van der Waals surface area contributed by atoms with Crippen molar-refractivity contribution in [2.24, 2.45) is 0 Å². The molecule has 6 rings (SSSR count). The van der Waals surface area contributed by atoms with Gasteiger partial charge in [0.25, 0.3) is 0 Å². The molecule has 1 N–H and O–H groups in total. The van der Waals surface area contributed by atoms with Crippen molar-refractivity contribution >= 4 is 34.8 Å². The van der Waals surface area contributed by atoms with Crippen LogP contribution in [-0.2, 0) is 24.0 Å². The van der Waals surface area contributed by atoms with Crippen LogP contribution in [0.25, 0.3) is 0 Å². The van der Waals surface area contributed by atoms with E-state index < -0.39 is 11.0 Å². The molecule has 230 valence electrons. The normalized spacial score (nSPS) is 13.4. The molecule has 10 heteroatoms. The van der Waals surface area contributed by atoms with Gasteiger partial charge in [0, 0.05) is 38.6 Å². The summed E-state index contributed by atoms with van der Waals surface area (Å²) in [5, 5.41) is 27.5. The zero-order chi connectivity index (χ0) is 32.4. The first kappa shape index (κ1) is 32.8. The number of aryl methyl sites for hydroxylation is 1. The number of hydrogen-bond acceptors (Lipinski definition) is 6. The Morgan fingerprint density at radius 2 is 1.33 bits per heavy atom. The molecule has 46 heavy (non-hydrogen) atoms. The van der Waals surface area contributed by atoms with Gasteiger partial charge in [0.05, 0.1) is 12.6 Å². The van der Waals surface area contributed by atoms with Gasteiger partial charge in [0.15, 0.2) is 0 Å². The molecule has 0 bridgehead atoms. The van der Waals surface area contributed by atoms with Crippen LogP contribution in [0.5, 0.6) is 0 Å². The number of benzene rings is 4. The summed E-state index contributed by atoms with van der Waals surface area (Å²) in [7, 11) is 0. The number of nitrogens with zero attached hydrogens (tertiary/aromatic N) is 6. The molecule has 0 spiro atoms. The van der Waals surface area contributed by atoms with Crippen LogP contribution in [0.15, 0.2) is 135 Å². The highest BCUT2D eigenvalue weighted by atomic mass is 35.5. The predicted octanol–water partition coefficient (Wildman–Crippen LogP) is 8.09. The highest BCUT2D eigenvalue weighted by molar-refractivity contribution is 6.31. The second kappa shape index (κ2) is 15.1. The lowest BCUT2D eigenvalue weighted by Crippen LogP contribution is -2.31. The van der Waals surface area contributed by atoms with Crippen LogP contribution in [0.3, 0.4) is 0 Å². The van der Waals surface area contributed by atoms with Crippen molar-refractivity contribution in [1.82, 2.24) is 24.7 Å². The Balaban J connectivity index is 0.000000182. The first-order valence-corrected chi connectivity index (χ1v) is 15.5. The Morgan fingerprint density at radius 1 is 0.696 bits per heavy atom. The van der Waals surface area contributed by atoms with Crippen molar-refractivity contribution < 1.29 is 5.11 Å². The van der Waals surface area contributed by atoms with Gasteiger partial charge in [-0.25, -0.2) is 15.0 Å². The minimum absolute atomic E-state index is 0.462. The van der Waals surface area contributed by atoms with Crippen LogP contribution in [0.1, 0.15) is 34.2 Å². The molecule has 2 heterocycles. The molecule has 4 aromatic carbocycles. The molecule has 0 amide bonds. The van der Waals surface area contributed by atoms with Gasteiger partial charge in [-0.3, -0.25) is 4.68 Å². The quantitative estimate of drug-likeness (QED) is 0.167. The van der Waals surface area contributed by atoms with Crippen molar-refractivity contribution in [3.8, 4) is 6.07 Å². The number of aliphatic hydroxyl groups is 1. The van der Waals surface area contributed by atoms with Crippen LogP contribution in [0.4, 0.5) is 0 Å². The molecule has 0 saturated carbocycles. The molecule has 0 aliphatic carbocycles. The third kappa shape index (κ3) is 7.61. The van der Waals surface area contributed by atoms with Crippen molar-refractivity contribution in [2.75, 3.05) is 0 Å². The molecule has 0 fully saturated rings. The molecule has 6 aromatic rings. The summed E-state index contributed by atoms with van der Waals surface area (Å²) in [4.78, 5) is 12.0. The summed E-state index contributed by atoms with van der Waals surface area (Å²) in [5.41, 5.74) is 1.78. The number of halogens is 3. The lowest BCUT2D eigenvalue weighted by molar-refractivity contribution is 0.125. The van der Waals surface area contributed by atoms with E-state index >= 15 is 0 Å². The molecular formula is C36H29Cl3N6O. The summed E-state index contributed by atoms with van der Waals surface area (Å²) in [6, 6.07) is 34.3. The van der Waals surface area contributed by atoms with E-state index in [9.17, 15) is 10.4 Å². The molecule has 7 nitrogen and oxygen atoms in total. The van der Waals surface area contributed by atoms with E-state index in [1.807, 2.05) is 66.7 Å². The van der Waals surface area contributed by atoms with Gasteiger partial charge >= 0.3 is 0 Å². The fourth-order valence-electron chi connectivity index (χ4n) is 5.24. The smallest absolute Gasteiger partial charge is 0.144 e. The van der Waals surface area contributed by atoms with Crippen LogP contribution >= 0.6 is 34.8 Å². The van der Waals surface area contributed by atoms with Crippen LogP contribution < -0.4 is 0 Å². The Morgan fingerprint density at radius 3 is 1.93 bits per heavy atom.